The molecule has 1 aromatic carbocycles. The van der Waals surface area contributed by atoms with Crippen LogP contribution in [0.4, 0.5) is 23.2 Å². The summed E-state index contributed by atoms with van der Waals surface area (Å²) in [6, 6.07) is 1.27. The van der Waals surface area contributed by atoms with Gasteiger partial charge in [0.25, 0.3) is 0 Å². The smallest absolute Gasteiger partial charge is 0.418 e. The van der Waals surface area contributed by atoms with Crippen LogP contribution in [-0.4, -0.2) is 42.6 Å². The maximum atomic E-state index is 13.0. The molecule has 0 unspecified atom stereocenters. The van der Waals surface area contributed by atoms with Gasteiger partial charge in [0.2, 0.25) is 15.9 Å². The Labute approximate surface area is 149 Å². The minimum Gasteiger partial charge on any atom is -0.476 e. The Hall–Kier alpha value is -2.83. The number of ketones is 1. The van der Waals surface area contributed by atoms with E-state index in [0.717, 1.165) is 6.92 Å². The number of carbonyl (C=O) groups excluding carboxylic acids is 2. The van der Waals surface area contributed by atoms with E-state index in [2.05, 4.69) is 4.99 Å². The lowest BCUT2D eigenvalue weighted by Crippen LogP contribution is -2.24. The van der Waals surface area contributed by atoms with Crippen LogP contribution in [0.2, 0.25) is 0 Å². The third-order valence-corrected chi connectivity index (χ3v) is 4.18. The van der Waals surface area contributed by atoms with Crippen LogP contribution < -0.4 is 4.72 Å². The maximum absolute atomic E-state index is 13.0. The molecule has 1 amide bonds. The highest BCUT2D eigenvalue weighted by Gasteiger charge is 2.35. The van der Waals surface area contributed by atoms with E-state index in [-0.39, 0.29) is 6.07 Å². The van der Waals surface area contributed by atoms with Crippen LogP contribution in [-0.2, 0) is 30.6 Å². The average Bonchev–Trinajstić information content (AvgIpc) is 2.50. The molecule has 2 N–H and O–H groups in total. The Morgan fingerprint density at radius 1 is 1.22 bits per heavy atom. The number of benzene rings is 1. The number of nitrogens with one attached hydrogen (secondary N) is 1. The van der Waals surface area contributed by atoms with Crippen LogP contribution in [0.25, 0.3) is 0 Å². The lowest BCUT2D eigenvalue weighted by molar-refractivity contribution is -0.137. The van der Waals surface area contributed by atoms with E-state index in [1.807, 2.05) is 0 Å². The van der Waals surface area contributed by atoms with Crippen molar-refractivity contribution in [2.75, 3.05) is 10.5 Å². The van der Waals surface area contributed by atoms with Gasteiger partial charge in [-0.05, 0) is 18.2 Å². The van der Waals surface area contributed by atoms with Crippen molar-refractivity contribution in [2.45, 2.75) is 19.5 Å². The van der Waals surface area contributed by atoms with E-state index >= 15 is 0 Å². The van der Waals surface area contributed by atoms with Crippen molar-refractivity contribution in [3.8, 4) is 0 Å². The summed E-state index contributed by atoms with van der Waals surface area (Å²) < 4.78 is 76.9. The number of alkyl halides is 3. The summed E-state index contributed by atoms with van der Waals surface area (Å²) >= 11 is 0. The van der Waals surface area contributed by atoms with E-state index in [4.69, 9.17) is 5.11 Å². The molecule has 1 aromatic rings. The zero-order valence-corrected chi connectivity index (χ0v) is 14.3. The molecule has 27 heavy (non-hydrogen) atoms. The SMILES string of the molecule is CC(=O)C(=NC(=O)CCS(=O)(=O)Nc1ccc(F)cc1C(F)(F)F)C(=O)O. The van der Waals surface area contributed by atoms with Gasteiger partial charge in [-0.15, -0.1) is 0 Å². The van der Waals surface area contributed by atoms with Crippen LogP contribution in [0.15, 0.2) is 23.2 Å². The molecular weight excluding hydrogens is 400 g/mol. The zero-order valence-electron chi connectivity index (χ0n) is 13.5. The molecule has 0 radical (unpaired) electrons. The molecule has 1 rings (SSSR count). The second-order valence-electron chi connectivity index (χ2n) is 5.07. The number of amides is 1. The number of carbonyl (C=O) groups is 3. The highest BCUT2D eigenvalue weighted by atomic mass is 32.2. The van der Waals surface area contributed by atoms with Crippen LogP contribution in [0.3, 0.4) is 0 Å². The number of halogens is 4. The molecule has 0 bridgehead atoms. The number of sulfonamides is 1. The molecule has 0 heterocycles. The lowest BCUT2D eigenvalue weighted by atomic mass is 10.2. The molecule has 0 aromatic heterocycles. The summed E-state index contributed by atoms with van der Waals surface area (Å²) in [5.74, 6) is -6.39. The van der Waals surface area contributed by atoms with E-state index in [0.29, 0.717) is 12.1 Å². The summed E-state index contributed by atoms with van der Waals surface area (Å²) in [4.78, 5) is 36.2. The minimum absolute atomic E-state index is 0.0965. The molecule has 0 aliphatic carbocycles. The molecule has 0 saturated heterocycles. The minimum atomic E-state index is -5.04. The third kappa shape index (κ3) is 6.77. The maximum Gasteiger partial charge on any atom is 0.418 e. The molecular formula is C14H12F4N2O6S. The van der Waals surface area contributed by atoms with Gasteiger partial charge in [-0.1, -0.05) is 0 Å². The zero-order chi connectivity index (χ0) is 21.0. The fraction of sp³-hybridized carbons (Fsp3) is 0.286. The van der Waals surface area contributed by atoms with E-state index < -0.39 is 68.8 Å². The van der Waals surface area contributed by atoms with E-state index in [1.165, 1.54) is 0 Å². The monoisotopic (exact) mass is 412 g/mol. The van der Waals surface area contributed by atoms with Crippen molar-refractivity contribution in [1.29, 1.82) is 0 Å². The Morgan fingerprint density at radius 2 is 1.81 bits per heavy atom. The lowest BCUT2D eigenvalue weighted by Gasteiger charge is -2.14. The van der Waals surface area contributed by atoms with Gasteiger partial charge in [-0.2, -0.15) is 13.2 Å². The van der Waals surface area contributed by atoms with Gasteiger partial charge in [0, 0.05) is 13.3 Å². The quantitative estimate of drug-likeness (QED) is 0.398. The Bertz CT molecular complexity index is 893. The third-order valence-electron chi connectivity index (χ3n) is 2.91. The predicted octanol–water partition coefficient (Wildman–Crippen LogP) is 1.62. The van der Waals surface area contributed by atoms with E-state index in [9.17, 15) is 40.4 Å². The molecule has 0 spiro atoms. The first-order chi connectivity index (χ1) is 12.2. The normalized spacial score (nSPS) is 12.6. The highest BCUT2D eigenvalue weighted by Crippen LogP contribution is 2.35. The second kappa shape index (κ2) is 8.24. The number of carboxylic acid groups (broad SMARTS) is 1. The highest BCUT2D eigenvalue weighted by molar-refractivity contribution is 7.92. The summed E-state index contributed by atoms with van der Waals surface area (Å²) in [5.41, 5.74) is -3.63. The Balaban J connectivity index is 2.96. The summed E-state index contributed by atoms with van der Waals surface area (Å²) in [6.45, 7) is 0.825. The van der Waals surface area contributed by atoms with Crippen molar-refractivity contribution in [3.63, 3.8) is 0 Å². The van der Waals surface area contributed by atoms with Crippen molar-refractivity contribution in [2.24, 2.45) is 4.99 Å². The number of aliphatic imine (C=N–C) groups is 1. The fourth-order valence-corrected chi connectivity index (χ4v) is 2.80. The predicted molar refractivity (Wildman–Crippen MR) is 84.2 cm³/mol. The van der Waals surface area contributed by atoms with Gasteiger partial charge in [0.1, 0.15) is 5.82 Å². The van der Waals surface area contributed by atoms with Gasteiger partial charge in [0.15, 0.2) is 11.5 Å². The summed E-state index contributed by atoms with van der Waals surface area (Å²) in [7, 11) is -4.50. The molecule has 13 heteroatoms. The number of Topliss-reactive ketones (excluding diaryl/α,β-unsaturated/α-hetero) is 1. The van der Waals surface area contributed by atoms with Gasteiger partial charge < -0.3 is 5.11 Å². The summed E-state index contributed by atoms with van der Waals surface area (Å²) in [6.07, 6.45) is -5.94. The van der Waals surface area contributed by atoms with Crippen LogP contribution >= 0.6 is 0 Å². The number of rotatable bonds is 7. The topological polar surface area (TPSA) is 130 Å². The first kappa shape index (κ1) is 22.2. The molecule has 0 saturated carbocycles. The fourth-order valence-electron chi connectivity index (χ4n) is 1.74. The number of nitrogens with zero attached hydrogens (tertiary/aromatic N) is 1. The Morgan fingerprint density at radius 3 is 2.30 bits per heavy atom. The first-order valence-electron chi connectivity index (χ1n) is 6.96. The van der Waals surface area contributed by atoms with Crippen molar-refractivity contribution in [1.82, 2.24) is 0 Å². The van der Waals surface area contributed by atoms with Crippen molar-refractivity contribution >= 4 is 39.1 Å². The standard InChI is InChI=1S/C14H12F4N2O6S/c1-7(21)12(13(23)24)19-11(22)4-5-27(25,26)20-10-3-2-8(15)6-9(10)14(16,17)18/h2-3,6,20H,4-5H2,1H3,(H,23,24). The number of anilines is 1. The van der Waals surface area contributed by atoms with Crippen LogP contribution in [0.1, 0.15) is 18.9 Å². The van der Waals surface area contributed by atoms with Gasteiger partial charge in [0.05, 0.1) is 17.0 Å². The molecule has 0 fully saturated rings. The number of hydrogen-bond donors (Lipinski definition) is 2. The van der Waals surface area contributed by atoms with E-state index in [1.54, 1.807) is 4.72 Å². The number of carboxylic acids is 1. The number of hydrogen-bond acceptors (Lipinski definition) is 5. The van der Waals surface area contributed by atoms with Gasteiger partial charge in [-0.25, -0.2) is 22.6 Å². The van der Waals surface area contributed by atoms with Gasteiger partial charge >= 0.3 is 12.1 Å². The Kier molecular flexibility index (Phi) is 6.78. The van der Waals surface area contributed by atoms with Crippen LogP contribution in [0, 0.1) is 5.82 Å². The molecule has 0 atom stereocenters. The summed E-state index contributed by atoms with van der Waals surface area (Å²) in [5, 5.41) is 8.67. The average molecular weight is 412 g/mol. The van der Waals surface area contributed by atoms with Gasteiger partial charge in [-0.3, -0.25) is 14.3 Å². The second-order valence-corrected chi connectivity index (χ2v) is 6.92. The molecule has 0 aliphatic heterocycles. The molecule has 148 valence electrons. The first-order valence-corrected chi connectivity index (χ1v) is 8.61. The van der Waals surface area contributed by atoms with Crippen LogP contribution in [0.5, 0.6) is 0 Å². The molecule has 0 aliphatic rings. The largest absolute Gasteiger partial charge is 0.476 e. The number of aliphatic carboxylic acids is 1. The molecule has 8 nitrogen and oxygen atoms in total. The van der Waals surface area contributed by atoms with Crippen molar-refractivity contribution in [3.05, 3.63) is 29.6 Å². The van der Waals surface area contributed by atoms with Crippen molar-refractivity contribution < 1.29 is 45.5 Å².